The molecule has 0 unspecified atom stereocenters. The number of hydrogen-bond acceptors (Lipinski definition) is 3. The molecule has 0 aliphatic carbocycles. The number of aromatic nitrogens is 3. The van der Waals surface area contributed by atoms with Gasteiger partial charge in [-0.3, -0.25) is 4.57 Å². The third-order valence-electron chi connectivity index (χ3n) is 3.41. The Morgan fingerprint density at radius 3 is 2.85 bits per heavy atom. The Hall–Kier alpha value is -1.88. The van der Waals surface area contributed by atoms with E-state index < -0.39 is 0 Å². The zero-order chi connectivity index (χ0) is 14.3. The molecule has 0 fully saturated rings. The number of nitrogens with zero attached hydrogens (tertiary/aromatic N) is 2. The van der Waals surface area contributed by atoms with Gasteiger partial charge in [0.25, 0.3) is 0 Å². The minimum atomic E-state index is -0.0604. The first-order valence-electron chi connectivity index (χ1n) is 6.79. The van der Waals surface area contributed by atoms with E-state index in [1.165, 1.54) is 0 Å². The predicted molar refractivity (Wildman–Crippen MR) is 83.4 cm³/mol. The molecule has 0 amide bonds. The van der Waals surface area contributed by atoms with Crippen LogP contribution in [0.3, 0.4) is 0 Å². The third-order valence-corrected chi connectivity index (χ3v) is 4.34. The Morgan fingerprint density at radius 1 is 1.40 bits per heavy atom. The van der Waals surface area contributed by atoms with Crippen LogP contribution in [0.4, 0.5) is 0 Å². The second-order valence-electron chi connectivity index (χ2n) is 5.09. The summed E-state index contributed by atoms with van der Waals surface area (Å²) in [6, 6.07) is 6.11. The molecule has 0 spiro atoms. The predicted octanol–water partition coefficient (Wildman–Crippen LogP) is 3.60. The van der Waals surface area contributed by atoms with Crippen LogP contribution in [0, 0.1) is 0 Å². The molecule has 5 heteroatoms. The summed E-state index contributed by atoms with van der Waals surface area (Å²) in [5.74, 6) is 0. The Morgan fingerprint density at radius 2 is 2.20 bits per heavy atom. The maximum atomic E-state index is 12.1. The molecular formula is C15H17N3OS. The highest BCUT2D eigenvalue weighted by molar-refractivity contribution is 7.13. The summed E-state index contributed by atoms with van der Waals surface area (Å²) in [6.45, 7) is 6.12. The first-order valence-corrected chi connectivity index (χ1v) is 7.67. The number of benzene rings is 1. The maximum absolute atomic E-state index is 12.1. The Labute approximate surface area is 121 Å². The van der Waals surface area contributed by atoms with E-state index >= 15 is 0 Å². The van der Waals surface area contributed by atoms with E-state index in [0.717, 1.165) is 33.7 Å². The van der Waals surface area contributed by atoms with Gasteiger partial charge in [0.15, 0.2) is 0 Å². The van der Waals surface area contributed by atoms with Crippen LogP contribution in [0.25, 0.3) is 21.6 Å². The summed E-state index contributed by atoms with van der Waals surface area (Å²) in [5.41, 5.74) is 3.85. The van der Waals surface area contributed by atoms with Gasteiger partial charge in [0.1, 0.15) is 5.01 Å². The van der Waals surface area contributed by atoms with Crippen molar-refractivity contribution >= 4 is 22.4 Å². The highest BCUT2D eigenvalue weighted by Gasteiger charge is 2.14. The lowest BCUT2D eigenvalue weighted by Gasteiger charge is -2.07. The molecule has 0 aliphatic heterocycles. The molecule has 0 aliphatic rings. The molecule has 1 N–H and O–H groups in total. The average Bonchev–Trinajstić information content (AvgIpc) is 3.00. The van der Waals surface area contributed by atoms with Crippen LogP contribution < -0.4 is 5.69 Å². The summed E-state index contributed by atoms with van der Waals surface area (Å²) in [6.07, 6.45) is 0.927. The molecule has 2 heterocycles. The molecule has 0 radical (unpaired) electrons. The van der Waals surface area contributed by atoms with Gasteiger partial charge in [-0.05, 0) is 32.4 Å². The Balaban J connectivity index is 2.27. The second kappa shape index (κ2) is 4.90. The molecule has 4 nitrogen and oxygen atoms in total. The summed E-state index contributed by atoms with van der Waals surface area (Å²) >= 11 is 1.62. The number of rotatable bonds is 3. The van der Waals surface area contributed by atoms with Gasteiger partial charge in [0.2, 0.25) is 0 Å². The summed E-state index contributed by atoms with van der Waals surface area (Å²) in [4.78, 5) is 19.7. The molecule has 0 bridgehead atoms. The molecule has 1 aromatic carbocycles. The number of hydrogen-bond donors (Lipinski definition) is 1. The number of H-pyrrole nitrogens is 1. The zero-order valence-corrected chi connectivity index (χ0v) is 12.6. The zero-order valence-electron chi connectivity index (χ0n) is 11.8. The molecule has 3 rings (SSSR count). The SMILES string of the molecule is CCc1csc(-c2cccc3c2[nH]c(=O)n3C(C)C)n1. The second-order valence-corrected chi connectivity index (χ2v) is 5.95. The molecular weight excluding hydrogens is 270 g/mol. The van der Waals surface area contributed by atoms with Crippen molar-refractivity contribution in [2.75, 3.05) is 0 Å². The fourth-order valence-corrected chi connectivity index (χ4v) is 3.37. The van der Waals surface area contributed by atoms with Gasteiger partial charge >= 0.3 is 5.69 Å². The molecule has 0 atom stereocenters. The number of imidazole rings is 1. The fourth-order valence-electron chi connectivity index (χ4n) is 2.43. The van der Waals surface area contributed by atoms with Crippen molar-refractivity contribution in [3.63, 3.8) is 0 Å². The van der Waals surface area contributed by atoms with E-state index in [1.54, 1.807) is 15.9 Å². The standard InChI is InChI=1S/C15H17N3OS/c1-4-10-8-20-14(16-10)11-6-5-7-12-13(11)17-15(19)18(12)9(2)3/h5-9H,4H2,1-3H3,(H,17,19). The molecule has 3 aromatic rings. The van der Waals surface area contributed by atoms with Crippen LogP contribution in [0.15, 0.2) is 28.4 Å². The lowest BCUT2D eigenvalue weighted by Crippen LogP contribution is -2.18. The summed E-state index contributed by atoms with van der Waals surface area (Å²) in [5, 5.41) is 3.04. The number of fused-ring (bicyclic) bond motifs is 1. The third kappa shape index (κ3) is 1.98. The molecule has 0 saturated heterocycles. The van der Waals surface area contributed by atoms with Gasteiger partial charge in [-0.2, -0.15) is 0 Å². The van der Waals surface area contributed by atoms with Gasteiger partial charge in [0.05, 0.1) is 16.7 Å². The molecule has 104 valence electrons. The van der Waals surface area contributed by atoms with Crippen LogP contribution in [0.1, 0.15) is 32.5 Å². The Kier molecular flexibility index (Phi) is 3.22. The minimum absolute atomic E-state index is 0.0604. The molecule has 2 aromatic heterocycles. The largest absolute Gasteiger partial charge is 0.326 e. The van der Waals surface area contributed by atoms with Gasteiger partial charge in [-0.25, -0.2) is 9.78 Å². The van der Waals surface area contributed by atoms with Crippen molar-refractivity contribution in [2.45, 2.75) is 33.2 Å². The summed E-state index contributed by atoms with van der Waals surface area (Å²) in [7, 11) is 0. The van der Waals surface area contributed by atoms with Gasteiger partial charge in [0, 0.05) is 17.0 Å². The monoisotopic (exact) mass is 287 g/mol. The first kappa shape index (κ1) is 13.1. The smallest absolute Gasteiger partial charge is 0.305 e. The maximum Gasteiger partial charge on any atom is 0.326 e. The quantitative estimate of drug-likeness (QED) is 0.800. The number of aromatic amines is 1. The lowest BCUT2D eigenvalue weighted by molar-refractivity contribution is 0.598. The fraction of sp³-hybridized carbons (Fsp3) is 0.333. The van der Waals surface area contributed by atoms with E-state index in [1.807, 2.05) is 32.0 Å². The highest BCUT2D eigenvalue weighted by Crippen LogP contribution is 2.30. The van der Waals surface area contributed by atoms with Crippen LogP contribution >= 0.6 is 11.3 Å². The number of thiazole rings is 1. The van der Waals surface area contributed by atoms with Gasteiger partial charge in [-0.1, -0.05) is 13.0 Å². The number of aryl methyl sites for hydroxylation is 1. The number of nitrogens with one attached hydrogen (secondary N) is 1. The van der Waals surface area contributed by atoms with E-state index in [4.69, 9.17) is 0 Å². The molecule has 20 heavy (non-hydrogen) atoms. The van der Waals surface area contributed by atoms with Gasteiger partial charge in [-0.15, -0.1) is 11.3 Å². The van der Waals surface area contributed by atoms with Crippen molar-refractivity contribution < 1.29 is 0 Å². The van der Waals surface area contributed by atoms with Crippen LogP contribution in [-0.2, 0) is 6.42 Å². The van der Waals surface area contributed by atoms with Crippen molar-refractivity contribution in [2.24, 2.45) is 0 Å². The normalized spacial score (nSPS) is 11.6. The van der Waals surface area contributed by atoms with E-state index in [9.17, 15) is 4.79 Å². The van der Waals surface area contributed by atoms with Crippen LogP contribution in [-0.4, -0.2) is 14.5 Å². The van der Waals surface area contributed by atoms with E-state index in [0.29, 0.717) is 0 Å². The van der Waals surface area contributed by atoms with Crippen molar-refractivity contribution in [1.82, 2.24) is 14.5 Å². The first-order chi connectivity index (χ1) is 9.61. The summed E-state index contributed by atoms with van der Waals surface area (Å²) < 4.78 is 1.78. The topological polar surface area (TPSA) is 50.7 Å². The van der Waals surface area contributed by atoms with E-state index in [-0.39, 0.29) is 11.7 Å². The Bertz CT molecular complexity index is 810. The minimum Gasteiger partial charge on any atom is -0.305 e. The van der Waals surface area contributed by atoms with Crippen LogP contribution in [0.2, 0.25) is 0 Å². The number of para-hydroxylation sites is 1. The van der Waals surface area contributed by atoms with Gasteiger partial charge < -0.3 is 4.98 Å². The van der Waals surface area contributed by atoms with Crippen molar-refractivity contribution in [3.05, 3.63) is 39.8 Å². The highest BCUT2D eigenvalue weighted by atomic mass is 32.1. The van der Waals surface area contributed by atoms with Crippen LogP contribution in [0.5, 0.6) is 0 Å². The van der Waals surface area contributed by atoms with Crippen molar-refractivity contribution in [3.8, 4) is 10.6 Å². The molecule has 0 saturated carbocycles. The lowest BCUT2D eigenvalue weighted by atomic mass is 10.2. The van der Waals surface area contributed by atoms with E-state index in [2.05, 4.69) is 22.3 Å². The average molecular weight is 287 g/mol. The van der Waals surface area contributed by atoms with Crippen molar-refractivity contribution in [1.29, 1.82) is 0 Å².